The predicted molar refractivity (Wildman–Crippen MR) is 88.8 cm³/mol. The van der Waals surface area contributed by atoms with E-state index in [0.29, 0.717) is 5.69 Å². The summed E-state index contributed by atoms with van der Waals surface area (Å²) in [6.45, 7) is 0.143. The SMILES string of the molecule is O=C(NCc1ccccn1)c1cc(F)cnc1Cc1cc(F)ccc1F. The first kappa shape index (κ1) is 17.6. The van der Waals surface area contributed by atoms with E-state index < -0.39 is 23.4 Å². The molecule has 0 bridgehead atoms. The molecule has 7 heteroatoms. The predicted octanol–water partition coefficient (Wildman–Crippen LogP) is 3.41. The lowest BCUT2D eigenvalue weighted by Crippen LogP contribution is -2.25. The highest BCUT2D eigenvalue weighted by Gasteiger charge is 2.16. The van der Waals surface area contributed by atoms with Gasteiger partial charge in [0.05, 0.1) is 29.7 Å². The summed E-state index contributed by atoms with van der Waals surface area (Å²) < 4.78 is 40.8. The Morgan fingerprint density at radius 2 is 1.85 bits per heavy atom. The molecule has 2 heterocycles. The van der Waals surface area contributed by atoms with E-state index in [0.717, 1.165) is 30.5 Å². The maximum absolute atomic E-state index is 13.9. The summed E-state index contributed by atoms with van der Waals surface area (Å²) in [5.74, 6) is -2.51. The highest BCUT2D eigenvalue weighted by Crippen LogP contribution is 2.17. The number of carbonyl (C=O) groups is 1. The molecule has 0 spiro atoms. The van der Waals surface area contributed by atoms with Crippen molar-refractivity contribution < 1.29 is 18.0 Å². The van der Waals surface area contributed by atoms with Crippen molar-refractivity contribution in [2.75, 3.05) is 0 Å². The summed E-state index contributed by atoms with van der Waals surface area (Å²) in [5, 5.41) is 2.62. The Morgan fingerprint density at radius 3 is 2.62 bits per heavy atom. The molecular weight excluding hydrogens is 343 g/mol. The van der Waals surface area contributed by atoms with Gasteiger partial charge in [0, 0.05) is 12.6 Å². The lowest BCUT2D eigenvalue weighted by molar-refractivity contribution is 0.0948. The van der Waals surface area contributed by atoms with E-state index in [-0.39, 0.29) is 29.8 Å². The number of carbonyl (C=O) groups excluding carboxylic acids is 1. The molecule has 1 aromatic carbocycles. The van der Waals surface area contributed by atoms with Gasteiger partial charge in [0.1, 0.15) is 17.5 Å². The molecule has 1 N–H and O–H groups in total. The van der Waals surface area contributed by atoms with Crippen LogP contribution in [0.5, 0.6) is 0 Å². The molecule has 3 aromatic rings. The van der Waals surface area contributed by atoms with Crippen molar-refractivity contribution in [2.24, 2.45) is 0 Å². The Bertz CT molecular complexity index is 933. The zero-order valence-corrected chi connectivity index (χ0v) is 13.5. The summed E-state index contributed by atoms with van der Waals surface area (Å²) in [4.78, 5) is 20.4. The first-order valence-electron chi connectivity index (χ1n) is 7.79. The second-order valence-electron chi connectivity index (χ2n) is 5.56. The second kappa shape index (κ2) is 7.77. The monoisotopic (exact) mass is 357 g/mol. The molecule has 0 fully saturated rings. The van der Waals surface area contributed by atoms with Crippen LogP contribution in [-0.2, 0) is 13.0 Å². The average Bonchev–Trinajstić information content (AvgIpc) is 2.65. The second-order valence-corrected chi connectivity index (χ2v) is 5.56. The van der Waals surface area contributed by atoms with Crippen LogP contribution in [-0.4, -0.2) is 15.9 Å². The fourth-order valence-corrected chi connectivity index (χ4v) is 2.43. The van der Waals surface area contributed by atoms with Gasteiger partial charge in [-0.25, -0.2) is 13.2 Å². The van der Waals surface area contributed by atoms with Gasteiger partial charge < -0.3 is 5.32 Å². The fourth-order valence-electron chi connectivity index (χ4n) is 2.43. The van der Waals surface area contributed by atoms with Crippen molar-refractivity contribution in [2.45, 2.75) is 13.0 Å². The van der Waals surface area contributed by atoms with Gasteiger partial charge in [-0.3, -0.25) is 14.8 Å². The molecule has 0 aliphatic carbocycles. The minimum Gasteiger partial charge on any atom is -0.346 e. The van der Waals surface area contributed by atoms with E-state index in [9.17, 15) is 18.0 Å². The van der Waals surface area contributed by atoms with Crippen LogP contribution in [0.1, 0.15) is 27.3 Å². The normalized spacial score (nSPS) is 10.6. The van der Waals surface area contributed by atoms with Crippen LogP contribution < -0.4 is 5.32 Å². The fraction of sp³-hybridized carbons (Fsp3) is 0.105. The van der Waals surface area contributed by atoms with Gasteiger partial charge in [-0.1, -0.05) is 6.07 Å². The summed E-state index contributed by atoms with van der Waals surface area (Å²) in [7, 11) is 0. The first-order valence-corrected chi connectivity index (χ1v) is 7.79. The van der Waals surface area contributed by atoms with Crippen LogP contribution in [0.3, 0.4) is 0 Å². The van der Waals surface area contributed by atoms with Crippen molar-refractivity contribution in [3.63, 3.8) is 0 Å². The van der Waals surface area contributed by atoms with Gasteiger partial charge in [0.15, 0.2) is 0 Å². The highest BCUT2D eigenvalue weighted by atomic mass is 19.1. The van der Waals surface area contributed by atoms with E-state index >= 15 is 0 Å². The number of benzene rings is 1. The molecule has 0 atom stereocenters. The third kappa shape index (κ3) is 4.24. The van der Waals surface area contributed by atoms with E-state index in [4.69, 9.17) is 0 Å². The quantitative estimate of drug-likeness (QED) is 0.761. The minimum atomic E-state index is -0.698. The molecule has 0 saturated carbocycles. The minimum absolute atomic E-state index is 0.0304. The number of nitrogens with zero attached hydrogens (tertiary/aromatic N) is 2. The number of rotatable bonds is 5. The molecule has 0 saturated heterocycles. The summed E-state index contributed by atoms with van der Waals surface area (Å²) >= 11 is 0. The largest absolute Gasteiger partial charge is 0.346 e. The lowest BCUT2D eigenvalue weighted by Gasteiger charge is -2.10. The van der Waals surface area contributed by atoms with Crippen molar-refractivity contribution in [1.82, 2.24) is 15.3 Å². The molecule has 0 unspecified atom stereocenters. The molecule has 2 aromatic heterocycles. The van der Waals surface area contributed by atoms with Crippen LogP contribution in [0.15, 0.2) is 54.9 Å². The average molecular weight is 357 g/mol. The molecule has 0 radical (unpaired) electrons. The van der Waals surface area contributed by atoms with E-state index in [2.05, 4.69) is 15.3 Å². The molecule has 4 nitrogen and oxygen atoms in total. The van der Waals surface area contributed by atoms with Gasteiger partial charge in [0.25, 0.3) is 5.91 Å². The third-order valence-corrected chi connectivity index (χ3v) is 3.70. The summed E-state index contributed by atoms with van der Waals surface area (Å²) in [5.41, 5.74) is 0.768. The van der Waals surface area contributed by atoms with Crippen molar-refractivity contribution >= 4 is 5.91 Å². The van der Waals surface area contributed by atoms with Crippen molar-refractivity contribution in [1.29, 1.82) is 0 Å². The standard InChI is InChI=1S/C19H14F3N3O/c20-13-4-5-17(22)12(7-13)8-18-16(9-14(21)10-24-18)19(26)25-11-15-3-1-2-6-23-15/h1-7,9-10H,8,11H2,(H,25,26). The topological polar surface area (TPSA) is 54.9 Å². The molecule has 1 amide bonds. The maximum Gasteiger partial charge on any atom is 0.253 e. The van der Waals surface area contributed by atoms with Crippen LogP contribution in [0.25, 0.3) is 0 Å². The van der Waals surface area contributed by atoms with Crippen LogP contribution >= 0.6 is 0 Å². The molecular formula is C19H14F3N3O. The number of hydrogen-bond donors (Lipinski definition) is 1. The van der Waals surface area contributed by atoms with E-state index in [1.807, 2.05) is 0 Å². The zero-order chi connectivity index (χ0) is 18.5. The molecule has 132 valence electrons. The number of aromatic nitrogens is 2. The van der Waals surface area contributed by atoms with Crippen LogP contribution in [0.2, 0.25) is 0 Å². The molecule has 26 heavy (non-hydrogen) atoms. The Morgan fingerprint density at radius 1 is 1.00 bits per heavy atom. The van der Waals surface area contributed by atoms with E-state index in [1.165, 1.54) is 0 Å². The zero-order valence-electron chi connectivity index (χ0n) is 13.5. The summed E-state index contributed by atoms with van der Waals surface area (Å²) in [6, 6.07) is 9.28. The molecule has 3 rings (SSSR count). The number of halogens is 3. The Hall–Kier alpha value is -3.22. The molecule has 0 aliphatic rings. The van der Waals surface area contributed by atoms with Crippen molar-refractivity contribution in [3.8, 4) is 0 Å². The van der Waals surface area contributed by atoms with Gasteiger partial charge >= 0.3 is 0 Å². The number of nitrogens with one attached hydrogen (secondary N) is 1. The van der Waals surface area contributed by atoms with Crippen LogP contribution in [0, 0.1) is 17.5 Å². The Kier molecular flexibility index (Phi) is 5.26. The van der Waals surface area contributed by atoms with Crippen molar-refractivity contribution in [3.05, 3.63) is 94.8 Å². The Labute approximate surface area is 147 Å². The smallest absolute Gasteiger partial charge is 0.253 e. The lowest BCUT2D eigenvalue weighted by atomic mass is 10.0. The highest BCUT2D eigenvalue weighted by molar-refractivity contribution is 5.95. The third-order valence-electron chi connectivity index (χ3n) is 3.70. The number of amides is 1. The summed E-state index contributed by atoms with van der Waals surface area (Å²) in [6.07, 6.45) is 2.38. The first-order chi connectivity index (χ1) is 12.5. The molecule has 0 aliphatic heterocycles. The van der Waals surface area contributed by atoms with E-state index in [1.54, 1.807) is 24.4 Å². The Balaban J connectivity index is 1.83. The number of hydrogen-bond acceptors (Lipinski definition) is 3. The van der Waals surface area contributed by atoms with Crippen LogP contribution in [0.4, 0.5) is 13.2 Å². The maximum atomic E-state index is 13.9. The number of pyridine rings is 2. The van der Waals surface area contributed by atoms with Gasteiger partial charge in [-0.2, -0.15) is 0 Å². The van der Waals surface area contributed by atoms with Gasteiger partial charge in [-0.05, 0) is 42.0 Å². The van der Waals surface area contributed by atoms with Gasteiger partial charge in [-0.15, -0.1) is 0 Å². The van der Waals surface area contributed by atoms with Gasteiger partial charge in [0.2, 0.25) is 0 Å².